The van der Waals surface area contributed by atoms with Gasteiger partial charge in [0.25, 0.3) is 5.91 Å². The Labute approximate surface area is 161 Å². The molecule has 1 atom stereocenters. The molecule has 7 nitrogen and oxygen atoms in total. The molecule has 0 radical (unpaired) electrons. The van der Waals surface area contributed by atoms with Gasteiger partial charge in [-0.15, -0.1) is 0 Å². The fourth-order valence-corrected chi connectivity index (χ4v) is 3.12. The van der Waals surface area contributed by atoms with E-state index in [1.165, 1.54) is 0 Å². The van der Waals surface area contributed by atoms with Gasteiger partial charge in [-0.2, -0.15) is 0 Å². The molecule has 27 heavy (non-hydrogen) atoms. The Morgan fingerprint density at radius 1 is 1.33 bits per heavy atom. The molecule has 0 aliphatic carbocycles. The predicted molar refractivity (Wildman–Crippen MR) is 103 cm³/mol. The van der Waals surface area contributed by atoms with E-state index in [1.807, 2.05) is 13.8 Å². The van der Waals surface area contributed by atoms with Crippen molar-refractivity contribution in [3.05, 3.63) is 29.8 Å². The number of benzene rings is 1. The molecule has 0 aromatic heterocycles. The quantitative estimate of drug-likeness (QED) is 0.695. The average molecular weight is 380 g/mol. The topological polar surface area (TPSA) is 71.5 Å². The summed E-state index contributed by atoms with van der Waals surface area (Å²) in [6, 6.07) is 7.10. The molecule has 1 N–H and O–H groups in total. The second kappa shape index (κ2) is 10.0. The first kappa shape index (κ1) is 21.6. The second-order valence-corrected chi connectivity index (χ2v) is 7.38. The van der Waals surface area contributed by atoms with Crippen LogP contribution in [0.3, 0.4) is 0 Å². The zero-order valence-corrected chi connectivity index (χ0v) is 16.8. The number of rotatable bonds is 9. The van der Waals surface area contributed by atoms with E-state index in [0.717, 1.165) is 6.54 Å². The minimum Gasteiger partial charge on any atom is -0.497 e. The minimum atomic E-state index is -0.306. The SMILES string of the molecule is COCCN(CC1CN(C(C)(C)CO)CCO1)C(=O)c1ccc(OC)cc1. The van der Waals surface area contributed by atoms with Crippen LogP contribution in [0.15, 0.2) is 24.3 Å². The molecule has 152 valence electrons. The number of hydrogen-bond acceptors (Lipinski definition) is 6. The molecule has 1 aromatic rings. The molecule has 2 rings (SSSR count). The van der Waals surface area contributed by atoms with Crippen LogP contribution >= 0.6 is 0 Å². The van der Waals surface area contributed by atoms with Gasteiger partial charge in [0.1, 0.15) is 5.75 Å². The highest BCUT2D eigenvalue weighted by atomic mass is 16.5. The maximum atomic E-state index is 13.0. The first-order chi connectivity index (χ1) is 12.9. The summed E-state index contributed by atoms with van der Waals surface area (Å²) in [6.45, 7) is 7.57. The lowest BCUT2D eigenvalue weighted by molar-refractivity contribution is -0.0803. The maximum Gasteiger partial charge on any atom is 0.254 e. The fraction of sp³-hybridized carbons (Fsp3) is 0.650. The van der Waals surface area contributed by atoms with Gasteiger partial charge < -0.3 is 24.2 Å². The molecule has 1 saturated heterocycles. The van der Waals surface area contributed by atoms with Gasteiger partial charge in [-0.3, -0.25) is 9.69 Å². The third-order valence-corrected chi connectivity index (χ3v) is 5.00. The van der Waals surface area contributed by atoms with E-state index in [1.54, 1.807) is 43.4 Å². The maximum absolute atomic E-state index is 13.0. The molecule has 0 spiro atoms. The number of hydrogen-bond donors (Lipinski definition) is 1. The third kappa shape index (κ3) is 5.90. The van der Waals surface area contributed by atoms with Crippen LogP contribution in [0.1, 0.15) is 24.2 Å². The summed E-state index contributed by atoms with van der Waals surface area (Å²) in [4.78, 5) is 17.0. The van der Waals surface area contributed by atoms with E-state index in [9.17, 15) is 9.90 Å². The molecular formula is C20H32N2O5. The van der Waals surface area contributed by atoms with Crippen molar-refractivity contribution in [2.45, 2.75) is 25.5 Å². The Hall–Kier alpha value is -1.67. The first-order valence-electron chi connectivity index (χ1n) is 9.31. The molecule has 1 aliphatic heterocycles. The number of nitrogens with zero attached hydrogens (tertiary/aromatic N) is 2. The summed E-state index contributed by atoms with van der Waals surface area (Å²) >= 11 is 0. The molecule has 0 bridgehead atoms. The highest BCUT2D eigenvalue weighted by Gasteiger charge is 2.32. The summed E-state index contributed by atoms with van der Waals surface area (Å²) in [7, 11) is 3.22. The van der Waals surface area contributed by atoms with Gasteiger partial charge in [0, 0.05) is 44.4 Å². The Balaban J connectivity index is 2.07. The molecule has 1 aromatic carbocycles. The van der Waals surface area contributed by atoms with Crippen molar-refractivity contribution in [3.8, 4) is 5.75 Å². The number of aliphatic hydroxyl groups excluding tert-OH is 1. The van der Waals surface area contributed by atoms with Gasteiger partial charge in [-0.25, -0.2) is 0 Å². The van der Waals surface area contributed by atoms with Gasteiger partial charge in [-0.1, -0.05) is 0 Å². The summed E-state index contributed by atoms with van der Waals surface area (Å²) in [6.07, 6.45) is -0.108. The molecule has 1 heterocycles. The highest BCUT2D eigenvalue weighted by Crippen LogP contribution is 2.19. The smallest absolute Gasteiger partial charge is 0.254 e. The largest absolute Gasteiger partial charge is 0.497 e. The van der Waals surface area contributed by atoms with Crippen LogP contribution < -0.4 is 4.74 Å². The average Bonchev–Trinajstić information content (AvgIpc) is 2.70. The molecule has 1 fully saturated rings. The number of morpholine rings is 1. The third-order valence-electron chi connectivity index (χ3n) is 5.00. The number of ether oxygens (including phenoxy) is 3. The van der Waals surface area contributed by atoms with E-state index in [2.05, 4.69) is 4.90 Å². The zero-order chi connectivity index (χ0) is 19.9. The Kier molecular flexibility index (Phi) is 8.04. The van der Waals surface area contributed by atoms with Crippen molar-refractivity contribution in [2.75, 3.05) is 60.2 Å². The van der Waals surface area contributed by atoms with E-state index in [0.29, 0.717) is 44.2 Å². The van der Waals surface area contributed by atoms with Crippen molar-refractivity contribution in [1.82, 2.24) is 9.80 Å². The van der Waals surface area contributed by atoms with Gasteiger partial charge in [-0.05, 0) is 38.1 Å². The lowest BCUT2D eigenvalue weighted by atomic mass is 10.0. The standard InChI is InChI=1S/C20H32N2O5/c1-20(2,15-23)22-10-12-27-18(14-22)13-21(9-11-25-3)19(24)16-5-7-17(26-4)8-6-16/h5-8,18,23H,9-15H2,1-4H3. The number of amides is 1. The van der Waals surface area contributed by atoms with Crippen molar-refractivity contribution in [2.24, 2.45) is 0 Å². The Morgan fingerprint density at radius 2 is 2.04 bits per heavy atom. The van der Waals surface area contributed by atoms with Crippen LogP contribution in [-0.2, 0) is 9.47 Å². The van der Waals surface area contributed by atoms with Crippen molar-refractivity contribution in [3.63, 3.8) is 0 Å². The lowest BCUT2D eigenvalue weighted by Gasteiger charge is -2.43. The number of aliphatic hydroxyl groups is 1. The molecule has 1 amide bonds. The first-order valence-corrected chi connectivity index (χ1v) is 9.31. The number of carbonyl (C=O) groups excluding carboxylic acids is 1. The summed E-state index contributed by atoms with van der Waals surface area (Å²) in [5, 5.41) is 9.64. The van der Waals surface area contributed by atoms with E-state index >= 15 is 0 Å². The molecule has 1 aliphatic rings. The van der Waals surface area contributed by atoms with Gasteiger partial charge in [0.15, 0.2) is 0 Å². The molecule has 7 heteroatoms. The molecule has 0 saturated carbocycles. The van der Waals surface area contributed by atoms with Crippen LogP contribution in [0.4, 0.5) is 0 Å². The zero-order valence-electron chi connectivity index (χ0n) is 16.8. The van der Waals surface area contributed by atoms with Crippen LogP contribution in [-0.4, -0.2) is 92.7 Å². The summed E-state index contributed by atoms with van der Waals surface area (Å²) in [5.41, 5.74) is 0.301. The van der Waals surface area contributed by atoms with Gasteiger partial charge >= 0.3 is 0 Å². The molecule has 1 unspecified atom stereocenters. The lowest BCUT2D eigenvalue weighted by Crippen LogP contribution is -2.57. The normalized spacial score (nSPS) is 18.3. The van der Waals surface area contributed by atoms with Crippen molar-refractivity contribution >= 4 is 5.91 Å². The van der Waals surface area contributed by atoms with Gasteiger partial charge in [0.05, 0.1) is 33.0 Å². The van der Waals surface area contributed by atoms with E-state index in [4.69, 9.17) is 14.2 Å². The Bertz CT molecular complexity index is 591. The van der Waals surface area contributed by atoms with Crippen molar-refractivity contribution in [1.29, 1.82) is 0 Å². The van der Waals surface area contributed by atoms with Gasteiger partial charge in [0.2, 0.25) is 0 Å². The van der Waals surface area contributed by atoms with Crippen LogP contribution in [0, 0.1) is 0 Å². The summed E-state index contributed by atoms with van der Waals surface area (Å²) in [5.74, 6) is 0.657. The summed E-state index contributed by atoms with van der Waals surface area (Å²) < 4.78 is 16.2. The Morgan fingerprint density at radius 3 is 2.63 bits per heavy atom. The number of methoxy groups -OCH3 is 2. The fourth-order valence-electron chi connectivity index (χ4n) is 3.12. The predicted octanol–water partition coefficient (Wildman–Crippen LogP) is 1.26. The van der Waals surface area contributed by atoms with E-state index in [-0.39, 0.29) is 24.2 Å². The molecular weight excluding hydrogens is 348 g/mol. The van der Waals surface area contributed by atoms with E-state index < -0.39 is 0 Å². The minimum absolute atomic E-state index is 0.0585. The highest BCUT2D eigenvalue weighted by molar-refractivity contribution is 5.94. The van der Waals surface area contributed by atoms with Crippen LogP contribution in [0.5, 0.6) is 5.75 Å². The van der Waals surface area contributed by atoms with Crippen LogP contribution in [0.25, 0.3) is 0 Å². The second-order valence-electron chi connectivity index (χ2n) is 7.38. The van der Waals surface area contributed by atoms with Crippen LogP contribution in [0.2, 0.25) is 0 Å². The number of carbonyl (C=O) groups is 1. The van der Waals surface area contributed by atoms with Crippen molar-refractivity contribution < 1.29 is 24.1 Å². The monoisotopic (exact) mass is 380 g/mol.